The highest BCUT2D eigenvalue weighted by molar-refractivity contribution is 8.00. The van der Waals surface area contributed by atoms with Crippen molar-refractivity contribution in [2.24, 2.45) is 5.16 Å². The van der Waals surface area contributed by atoms with Gasteiger partial charge >= 0.3 is 11.9 Å². The molecule has 268 valence electrons. The summed E-state index contributed by atoms with van der Waals surface area (Å²) in [5.41, 5.74) is 3.34. The van der Waals surface area contributed by atoms with Gasteiger partial charge in [-0.3, -0.25) is 19.3 Å². The van der Waals surface area contributed by atoms with Crippen molar-refractivity contribution in [2.75, 3.05) is 44.2 Å². The van der Waals surface area contributed by atoms with Gasteiger partial charge in [-0.1, -0.05) is 5.16 Å². The van der Waals surface area contributed by atoms with Gasteiger partial charge in [-0.2, -0.15) is 0 Å². The summed E-state index contributed by atoms with van der Waals surface area (Å²) in [5.74, 6) is -7.79. The first-order valence-electron chi connectivity index (χ1n) is 15.3. The van der Waals surface area contributed by atoms with Crippen LogP contribution in [0.25, 0.3) is 0 Å². The summed E-state index contributed by atoms with van der Waals surface area (Å²) in [6, 6.07) is 0.918. The lowest BCUT2D eigenvalue weighted by atomic mass is 10.0. The number of hydrogen-bond donors (Lipinski definition) is 7. The molecule has 2 saturated heterocycles. The highest BCUT2D eigenvalue weighted by Crippen LogP contribution is 2.41. The van der Waals surface area contributed by atoms with E-state index in [4.69, 9.17) is 10.6 Å². The molecule has 4 heterocycles. The lowest BCUT2D eigenvalue weighted by Crippen LogP contribution is -2.71. The molecule has 0 unspecified atom stereocenters. The number of thiazole rings is 1. The van der Waals surface area contributed by atoms with Crippen molar-refractivity contribution in [1.29, 1.82) is 0 Å². The molecule has 3 aliphatic rings. The van der Waals surface area contributed by atoms with Gasteiger partial charge < -0.3 is 46.1 Å². The normalized spacial score (nSPS) is 20.2. The van der Waals surface area contributed by atoms with E-state index in [9.17, 15) is 48.8 Å². The van der Waals surface area contributed by atoms with Crippen LogP contribution in [0.3, 0.4) is 0 Å². The summed E-state index contributed by atoms with van der Waals surface area (Å²) < 4.78 is 14.7. The van der Waals surface area contributed by atoms with Gasteiger partial charge in [0.1, 0.15) is 29.4 Å². The number of carbonyl (C=O) groups excluding carboxylic acids is 3. The maximum absolute atomic E-state index is 14.3. The topological polar surface area (TPSA) is 254 Å². The molecule has 2 atom stereocenters. The van der Waals surface area contributed by atoms with Crippen LogP contribution in [-0.4, -0.2) is 126 Å². The number of aromatic nitrogens is 1. The number of aromatic hydroxyl groups is 2. The highest BCUT2D eigenvalue weighted by atomic mass is 32.2. The van der Waals surface area contributed by atoms with Gasteiger partial charge in [0.25, 0.3) is 17.7 Å². The Hall–Kier alpha value is -4.95. The predicted octanol–water partition coefficient (Wildman–Crippen LogP) is 0.639. The smallest absolute Gasteiger partial charge is 0.352 e. The molecule has 50 heavy (non-hydrogen) atoms. The number of phenolic OH excluding ortho intramolecular Hbond substituents is 2. The Bertz CT molecular complexity index is 1810. The van der Waals surface area contributed by atoms with Crippen molar-refractivity contribution >= 4 is 63.6 Å². The summed E-state index contributed by atoms with van der Waals surface area (Å²) in [5, 5.41) is 48.4. The fraction of sp³-hybridized carbons (Fsp3) is 0.433. The van der Waals surface area contributed by atoms with E-state index in [1.165, 1.54) is 31.0 Å². The van der Waals surface area contributed by atoms with Crippen LogP contribution in [0.5, 0.6) is 11.5 Å². The molecule has 3 aliphatic heterocycles. The number of nitrogens with zero attached hydrogens (tertiary/aromatic N) is 4. The van der Waals surface area contributed by atoms with Crippen molar-refractivity contribution < 1.29 is 58.1 Å². The maximum Gasteiger partial charge on any atom is 0.352 e. The van der Waals surface area contributed by atoms with E-state index in [0.717, 1.165) is 41.2 Å². The second-order valence-electron chi connectivity index (χ2n) is 12.5. The zero-order valence-corrected chi connectivity index (χ0v) is 28.5. The van der Waals surface area contributed by atoms with Gasteiger partial charge in [-0.05, 0) is 26.0 Å². The number of amides is 3. The number of quaternary nitrogens is 1. The van der Waals surface area contributed by atoms with E-state index >= 15 is 0 Å². The van der Waals surface area contributed by atoms with Gasteiger partial charge in [0.15, 0.2) is 28.2 Å². The van der Waals surface area contributed by atoms with E-state index in [1.807, 2.05) is 0 Å². The van der Waals surface area contributed by atoms with Crippen molar-refractivity contribution in [3.63, 3.8) is 0 Å². The Morgan fingerprint density at radius 1 is 1.20 bits per heavy atom. The first kappa shape index (κ1) is 36.3. The average Bonchev–Trinajstić information content (AvgIpc) is 3.71. The number of nitrogens with two attached hydrogens (primary N) is 1. The summed E-state index contributed by atoms with van der Waals surface area (Å²) in [6.07, 6.45) is 1.69. The zero-order valence-electron chi connectivity index (χ0n) is 26.8. The number of fused-ring (bicyclic) bond motifs is 1. The number of nitrogen functional groups attached to an aromatic ring is 1. The first-order valence-corrected chi connectivity index (χ1v) is 17.2. The standard InChI is InChI=1S/C30H34FN7O10S2/c1-30(2,28(46)47)48-36-19(16-13-50-29(32)34-16)24(42)35-20-25(43)37-21(27(44)45)14(12-49-26(20)37)11-38(8-3-4-9-38)10-7-33-23(41)15-5-6-17(39)22(40)18(15)31/h5-6,13,20,26H,3-4,7-12H2,1-2H3,(H7-,32,33,34,35,36,39,40,41,42,44,45,46,47)/p+1/t20-,26-/m1/s1. The third-order valence-corrected chi connectivity index (χ3v) is 10.7. The van der Waals surface area contributed by atoms with Gasteiger partial charge in [-0.25, -0.2) is 19.0 Å². The molecule has 0 saturated carbocycles. The zero-order chi connectivity index (χ0) is 36.5. The van der Waals surface area contributed by atoms with E-state index in [0.29, 0.717) is 29.7 Å². The molecule has 0 aliphatic carbocycles. The van der Waals surface area contributed by atoms with Crippen LogP contribution in [0.15, 0.2) is 33.9 Å². The van der Waals surface area contributed by atoms with Crippen LogP contribution < -0.4 is 16.4 Å². The lowest BCUT2D eigenvalue weighted by molar-refractivity contribution is -0.911. The number of aliphatic carboxylic acids is 2. The molecule has 20 heteroatoms. The Balaban J connectivity index is 1.29. The third kappa shape index (κ3) is 7.17. The molecule has 2 aromatic rings. The number of halogens is 1. The molecule has 0 bridgehead atoms. The largest absolute Gasteiger partial charge is 0.504 e. The lowest BCUT2D eigenvalue weighted by Gasteiger charge is -2.50. The van der Waals surface area contributed by atoms with Crippen LogP contribution in [0.1, 0.15) is 42.7 Å². The maximum atomic E-state index is 14.3. The van der Waals surface area contributed by atoms with Crippen molar-refractivity contribution in [1.82, 2.24) is 20.5 Å². The number of phenols is 2. The summed E-state index contributed by atoms with van der Waals surface area (Å²) in [4.78, 5) is 73.8. The summed E-state index contributed by atoms with van der Waals surface area (Å²) in [7, 11) is 0. The van der Waals surface area contributed by atoms with E-state index < -0.39 is 75.3 Å². The number of thioether (sulfide) groups is 1. The van der Waals surface area contributed by atoms with Gasteiger partial charge in [-0.15, -0.1) is 23.1 Å². The van der Waals surface area contributed by atoms with E-state index in [-0.39, 0.29) is 35.4 Å². The number of anilines is 1. The molecular formula is C30H35FN7O10S2+. The molecule has 3 amide bonds. The van der Waals surface area contributed by atoms with Gasteiger partial charge in [0.2, 0.25) is 5.60 Å². The minimum absolute atomic E-state index is 0.0123. The third-order valence-electron chi connectivity index (χ3n) is 8.65. The Labute approximate surface area is 292 Å². The molecule has 8 N–H and O–H groups in total. The first-order chi connectivity index (χ1) is 23.5. The number of oxime groups is 1. The molecule has 0 radical (unpaired) electrons. The van der Waals surface area contributed by atoms with Crippen LogP contribution in [0.2, 0.25) is 0 Å². The van der Waals surface area contributed by atoms with Crippen molar-refractivity contribution in [3.8, 4) is 11.5 Å². The number of carboxylic acids is 2. The number of carbonyl (C=O) groups is 5. The molecule has 2 fully saturated rings. The van der Waals surface area contributed by atoms with Crippen LogP contribution in [0.4, 0.5) is 9.52 Å². The quantitative estimate of drug-likeness (QED) is 0.0491. The Morgan fingerprint density at radius 2 is 1.90 bits per heavy atom. The van der Waals surface area contributed by atoms with Crippen molar-refractivity contribution in [3.05, 3.63) is 45.9 Å². The molecular weight excluding hydrogens is 702 g/mol. The number of likely N-dealkylation sites (tertiary alicyclic amines) is 1. The monoisotopic (exact) mass is 736 g/mol. The number of nitrogens with one attached hydrogen (secondary N) is 2. The molecule has 1 aromatic heterocycles. The average molecular weight is 737 g/mol. The summed E-state index contributed by atoms with van der Waals surface area (Å²) >= 11 is 2.26. The molecule has 0 spiro atoms. The fourth-order valence-electron chi connectivity index (χ4n) is 5.92. The minimum Gasteiger partial charge on any atom is -0.504 e. The Kier molecular flexibility index (Phi) is 10.3. The predicted molar refractivity (Wildman–Crippen MR) is 177 cm³/mol. The van der Waals surface area contributed by atoms with E-state index in [1.54, 1.807) is 0 Å². The number of carboxylic acid groups (broad SMARTS) is 2. The van der Waals surface area contributed by atoms with Crippen LogP contribution >= 0.6 is 23.1 Å². The van der Waals surface area contributed by atoms with E-state index in [2.05, 4.69) is 20.8 Å². The second kappa shape index (κ2) is 14.1. The number of benzene rings is 1. The van der Waals surface area contributed by atoms with Crippen LogP contribution in [-0.2, 0) is 24.0 Å². The number of hydrogen-bond acceptors (Lipinski definition) is 13. The molecule has 17 nitrogen and oxygen atoms in total. The second-order valence-corrected chi connectivity index (χ2v) is 14.5. The van der Waals surface area contributed by atoms with Crippen molar-refractivity contribution in [2.45, 2.75) is 43.7 Å². The molecule has 5 rings (SSSR count). The number of β-lactam (4-membered cyclic amide) rings is 1. The van der Waals surface area contributed by atoms with Gasteiger partial charge in [0, 0.05) is 29.5 Å². The SMILES string of the molecule is CC(C)(O/N=C(\C(=O)N[C@@H]1C(=O)N2C(C(=O)O)=C(C[N+]3(CCNC(=O)c4ccc(O)c(O)c4F)CCCC3)CS[C@H]12)c1csc(N)n1)C(=O)O. The molecule has 1 aromatic carbocycles. The number of rotatable bonds is 13. The highest BCUT2D eigenvalue weighted by Gasteiger charge is 2.55. The summed E-state index contributed by atoms with van der Waals surface area (Å²) in [6.45, 7) is 4.54. The fourth-order valence-corrected chi connectivity index (χ4v) is 7.80. The van der Waals surface area contributed by atoms with Gasteiger partial charge in [0.05, 0.1) is 31.7 Å². The Morgan fingerprint density at radius 3 is 2.52 bits per heavy atom. The minimum atomic E-state index is -1.80. The van der Waals surface area contributed by atoms with Crippen LogP contribution in [0, 0.1) is 5.82 Å².